The number of thioether (sulfide) groups is 1. The lowest BCUT2D eigenvalue weighted by molar-refractivity contribution is -0.114. The third-order valence-corrected chi connectivity index (χ3v) is 8.30. The van der Waals surface area contributed by atoms with Gasteiger partial charge in [-0.05, 0) is 86.2 Å². The molecule has 0 unspecified atom stereocenters. The molecular weight excluding hydrogens is 512 g/mol. The summed E-state index contributed by atoms with van der Waals surface area (Å²) < 4.78 is 0. The van der Waals surface area contributed by atoms with E-state index in [0.29, 0.717) is 17.0 Å². The number of aryl methyl sites for hydroxylation is 3. The molecule has 1 N–H and O–H groups in total. The fourth-order valence-corrected chi connectivity index (χ4v) is 5.91. The Morgan fingerprint density at radius 2 is 1.65 bits per heavy atom. The van der Waals surface area contributed by atoms with Crippen LogP contribution in [0.1, 0.15) is 51.5 Å². The van der Waals surface area contributed by atoms with Gasteiger partial charge in [0.25, 0.3) is 11.8 Å². The number of rotatable bonds is 8. The van der Waals surface area contributed by atoms with Crippen molar-refractivity contribution in [3.8, 4) is 0 Å². The first-order valence-electron chi connectivity index (χ1n) is 13.7. The number of hydrogen-bond acceptors (Lipinski definition) is 3. The number of carbonyl (C=O) groups excluding carboxylic acids is 2. The molecule has 1 aliphatic rings. The average Bonchev–Trinajstić information content (AvgIpc) is 2.97. The number of fused-ring (bicyclic) bond motifs is 1. The van der Waals surface area contributed by atoms with Gasteiger partial charge in [0.15, 0.2) is 0 Å². The number of hydrogen-bond donors (Lipinski definition) is 1. The molecule has 5 heteroatoms. The number of para-hydroxylation sites is 1. The number of benzene rings is 4. The van der Waals surface area contributed by atoms with E-state index < -0.39 is 0 Å². The van der Waals surface area contributed by atoms with Crippen molar-refractivity contribution >= 4 is 35.3 Å². The maximum Gasteiger partial charge on any atom is 0.265 e. The van der Waals surface area contributed by atoms with Crippen LogP contribution in [0, 0.1) is 13.8 Å². The second kappa shape index (κ2) is 12.4. The Labute approximate surface area is 241 Å². The predicted octanol–water partition coefficient (Wildman–Crippen LogP) is 7.73. The lowest BCUT2D eigenvalue weighted by Crippen LogP contribution is -2.34. The van der Waals surface area contributed by atoms with Crippen molar-refractivity contribution in [3.05, 3.63) is 135 Å². The molecule has 2 amide bonds. The van der Waals surface area contributed by atoms with Crippen molar-refractivity contribution in [2.24, 2.45) is 0 Å². The minimum atomic E-state index is -0.0866. The van der Waals surface area contributed by atoms with Crippen molar-refractivity contribution in [3.63, 3.8) is 0 Å². The number of anilines is 1. The standard InChI is InChI=1S/C35H34N2O2S/c1-24-13-14-25(2)30(21-24)23-37-31-11-7-8-12-32(31)40-33(35(37)39)22-28-17-19-29(20-18-28)34(38)36-26(3)15-16-27-9-5-4-6-10-27/h4-14,17-22,26H,15-16,23H2,1-3H3,(H,36,38)/b33-22-/t26-/m0/s1. The summed E-state index contributed by atoms with van der Waals surface area (Å²) in [6, 6.07) is 32.2. The molecule has 1 aliphatic heterocycles. The van der Waals surface area contributed by atoms with Gasteiger partial charge in [0.05, 0.1) is 17.1 Å². The van der Waals surface area contributed by atoms with Crippen LogP contribution in [0.4, 0.5) is 5.69 Å². The maximum absolute atomic E-state index is 13.7. The third kappa shape index (κ3) is 6.54. The molecule has 5 rings (SSSR count). The highest BCUT2D eigenvalue weighted by Crippen LogP contribution is 2.42. The molecule has 0 bridgehead atoms. The lowest BCUT2D eigenvalue weighted by Gasteiger charge is -2.31. The average molecular weight is 547 g/mol. The van der Waals surface area contributed by atoms with E-state index in [1.165, 1.54) is 28.5 Å². The molecule has 0 aromatic heterocycles. The molecule has 0 aliphatic carbocycles. The first kappa shape index (κ1) is 27.5. The summed E-state index contributed by atoms with van der Waals surface area (Å²) in [6.07, 6.45) is 3.71. The summed E-state index contributed by atoms with van der Waals surface area (Å²) in [6.45, 7) is 6.71. The van der Waals surface area contributed by atoms with Gasteiger partial charge in [-0.1, -0.05) is 90.1 Å². The van der Waals surface area contributed by atoms with Gasteiger partial charge in [-0.15, -0.1) is 0 Å². The van der Waals surface area contributed by atoms with Gasteiger partial charge in [0.1, 0.15) is 0 Å². The SMILES string of the molecule is Cc1ccc(C)c(CN2C(=O)/C(=C/c3ccc(C(=O)N[C@@H](C)CCc4ccccc4)cc3)Sc3ccccc32)c1. The van der Waals surface area contributed by atoms with Gasteiger partial charge in [-0.25, -0.2) is 0 Å². The Morgan fingerprint density at radius 3 is 2.42 bits per heavy atom. The molecule has 0 saturated heterocycles. The van der Waals surface area contributed by atoms with Crippen molar-refractivity contribution in [1.29, 1.82) is 0 Å². The van der Waals surface area contributed by atoms with Gasteiger partial charge in [-0.3, -0.25) is 9.59 Å². The van der Waals surface area contributed by atoms with Crippen molar-refractivity contribution in [1.82, 2.24) is 5.32 Å². The molecule has 202 valence electrons. The lowest BCUT2D eigenvalue weighted by atomic mass is 10.0. The molecule has 4 aromatic carbocycles. The Morgan fingerprint density at radius 1 is 0.925 bits per heavy atom. The topological polar surface area (TPSA) is 49.4 Å². The van der Waals surface area contributed by atoms with E-state index in [-0.39, 0.29) is 17.9 Å². The van der Waals surface area contributed by atoms with Crippen LogP contribution in [-0.2, 0) is 17.8 Å². The smallest absolute Gasteiger partial charge is 0.265 e. The summed E-state index contributed by atoms with van der Waals surface area (Å²) >= 11 is 1.49. The quantitative estimate of drug-likeness (QED) is 0.230. The molecule has 1 atom stereocenters. The normalized spacial score (nSPS) is 14.6. The van der Waals surface area contributed by atoms with Gasteiger partial charge >= 0.3 is 0 Å². The van der Waals surface area contributed by atoms with Crippen LogP contribution in [0.5, 0.6) is 0 Å². The monoisotopic (exact) mass is 546 g/mol. The Bertz CT molecular complexity index is 1540. The fraction of sp³-hybridized carbons (Fsp3) is 0.200. The Kier molecular flexibility index (Phi) is 8.51. The van der Waals surface area contributed by atoms with E-state index >= 15 is 0 Å². The van der Waals surface area contributed by atoms with Crippen molar-refractivity contribution in [2.75, 3.05) is 4.90 Å². The molecule has 4 aromatic rings. The van der Waals surface area contributed by atoms with Crippen molar-refractivity contribution < 1.29 is 9.59 Å². The Balaban J connectivity index is 1.29. The van der Waals surface area contributed by atoms with Crippen LogP contribution in [-0.4, -0.2) is 17.9 Å². The number of carbonyl (C=O) groups is 2. The van der Waals surface area contributed by atoms with Crippen LogP contribution in [0.2, 0.25) is 0 Å². The van der Waals surface area contributed by atoms with E-state index in [2.05, 4.69) is 55.6 Å². The predicted molar refractivity (Wildman–Crippen MR) is 166 cm³/mol. The second-order valence-corrected chi connectivity index (χ2v) is 11.5. The fourth-order valence-electron chi connectivity index (χ4n) is 4.85. The molecule has 0 radical (unpaired) electrons. The summed E-state index contributed by atoms with van der Waals surface area (Å²) in [5.74, 6) is -0.102. The maximum atomic E-state index is 13.7. The highest BCUT2D eigenvalue weighted by atomic mass is 32.2. The minimum Gasteiger partial charge on any atom is -0.350 e. The van der Waals surface area contributed by atoms with Crippen LogP contribution >= 0.6 is 11.8 Å². The third-order valence-electron chi connectivity index (χ3n) is 7.22. The van der Waals surface area contributed by atoms with E-state index in [0.717, 1.165) is 34.6 Å². The largest absolute Gasteiger partial charge is 0.350 e. The summed E-state index contributed by atoms with van der Waals surface area (Å²) in [7, 11) is 0. The first-order chi connectivity index (χ1) is 19.4. The van der Waals surface area contributed by atoms with Gasteiger partial charge in [0, 0.05) is 16.5 Å². The zero-order valence-corrected chi connectivity index (χ0v) is 24.0. The molecule has 1 heterocycles. The van der Waals surface area contributed by atoms with E-state index in [9.17, 15) is 9.59 Å². The molecule has 4 nitrogen and oxygen atoms in total. The number of amides is 2. The zero-order valence-electron chi connectivity index (χ0n) is 23.2. The molecule has 0 saturated carbocycles. The highest BCUT2D eigenvalue weighted by molar-refractivity contribution is 8.04. The summed E-state index contributed by atoms with van der Waals surface area (Å²) in [4.78, 5) is 30.2. The Hall–Kier alpha value is -4.09. The van der Waals surface area contributed by atoms with Gasteiger partial charge in [0.2, 0.25) is 0 Å². The van der Waals surface area contributed by atoms with Crippen molar-refractivity contribution in [2.45, 2.75) is 51.1 Å². The molecule has 0 fully saturated rings. The molecule has 0 spiro atoms. The molecule has 40 heavy (non-hydrogen) atoms. The number of nitrogens with one attached hydrogen (secondary N) is 1. The second-order valence-electron chi connectivity index (χ2n) is 10.4. The van der Waals surface area contributed by atoms with Gasteiger partial charge in [-0.2, -0.15) is 0 Å². The zero-order chi connectivity index (χ0) is 28.1. The van der Waals surface area contributed by atoms with Crippen LogP contribution < -0.4 is 10.2 Å². The van der Waals surface area contributed by atoms with E-state index in [1.807, 2.05) is 78.6 Å². The van der Waals surface area contributed by atoms with Crippen LogP contribution in [0.25, 0.3) is 6.08 Å². The summed E-state index contributed by atoms with van der Waals surface area (Å²) in [5.41, 5.74) is 7.19. The number of nitrogens with zero attached hydrogens (tertiary/aromatic N) is 1. The minimum absolute atomic E-state index is 0.0151. The van der Waals surface area contributed by atoms with Crippen LogP contribution in [0.15, 0.2) is 107 Å². The summed E-state index contributed by atoms with van der Waals surface area (Å²) in [5, 5.41) is 3.10. The van der Waals surface area contributed by atoms with E-state index in [1.54, 1.807) is 0 Å². The van der Waals surface area contributed by atoms with E-state index in [4.69, 9.17) is 0 Å². The van der Waals surface area contributed by atoms with Gasteiger partial charge < -0.3 is 10.2 Å². The first-order valence-corrected chi connectivity index (χ1v) is 14.5. The molecular formula is C35H34N2O2S. The highest BCUT2D eigenvalue weighted by Gasteiger charge is 2.29. The van der Waals surface area contributed by atoms with Crippen LogP contribution in [0.3, 0.4) is 0 Å².